The molecular weight excluding hydrogens is 328 g/mol. The first kappa shape index (κ1) is 18.6. The van der Waals surface area contributed by atoms with Crippen molar-refractivity contribution in [3.63, 3.8) is 0 Å². The van der Waals surface area contributed by atoms with Gasteiger partial charge in [0, 0.05) is 25.3 Å². The van der Waals surface area contributed by atoms with Gasteiger partial charge in [0.1, 0.15) is 5.75 Å². The maximum atomic E-state index is 12.4. The molecular formula is C19H19F2NO3. The number of alkyl halides is 2. The smallest absolute Gasteiger partial charge is 0.387 e. The zero-order valence-corrected chi connectivity index (χ0v) is 13.7. The average molecular weight is 347 g/mol. The molecule has 0 aliphatic carbocycles. The Hall–Kier alpha value is -2.73. The van der Waals surface area contributed by atoms with E-state index in [-0.39, 0.29) is 11.7 Å². The highest BCUT2D eigenvalue weighted by Gasteiger charge is 2.07. The Bertz CT molecular complexity index is 732. The molecule has 0 aliphatic rings. The lowest BCUT2D eigenvalue weighted by Gasteiger charge is -2.09. The van der Waals surface area contributed by atoms with Gasteiger partial charge in [0.15, 0.2) is 0 Å². The molecule has 0 radical (unpaired) electrons. The largest absolute Gasteiger partial charge is 0.434 e. The van der Waals surface area contributed by atoms with Crippen LogP contribution in [0.4, 0.5) is 8.78 Å². The van der Waals surface area contributed by atoms with Gasteiger partial charge in [-0.3, -0.25) is 4.79 Å². The zero-order valence-electron chi connectivity index (χ0n) is 13.7. The molecule has 0 aromatic heterocycles. The van der Waals surface area contributed by atoms with E-state index in [2.05, 4.69) is 10.1 Å². The minimum Gasteiger partial charge on any atom is -0.434 e. The lowest BCUT2D eigenvalue weighted by Crippen LogP contribution is -2.21. The summed E-state index contributed by atoms with van der Waals surface area (Å²) in [4.78, 5) is 12.0. The summed E-state index contributed by atoms with van der Waals surface area (Å²) in [5, 5.41) is 2.76. The summed E-state index contributed by atoms with van der Waals surface area (Å²) in [7, 11) is 1.61. The quantitative estimate of drug-likeness (QED) is 0.740. The first-order valence-corrected chi connectivity index (χ1v) is 7.65. The van der Waals surface area contributed by atoms with Crippen molar-refractivity contribution >= 4 is 12.0 Å². The number of carbonyl (C=O) groups is 1. The molecule has 0 fully saturated rings. The van der Waals surface area contributed by atoms with Crippen LogP contribution < -0.4 is 10.1 Å². The summed E-state index contributed by atoms with van der Waals surface area (Å²) in [6.45, 7) is -2.11. The van der Waals surface area contributed by atoms with Crippen LogP contribution >= 0.6 is 0 Å². The molecule has 0 saturated heterocycles. The number of methoxy groups -OCH3 is 1. The lowest BCUT2D eigenvalue weighted by atomic mass is 10.1. The number of halogens is 2. The highest BCUT2D eigenvalue weighted by atomic mass is 19.3. The van der Waals surface area contributed by atoms with Crippen molar-refractivity contribution in [2.75, 3.05) is 7.11 Å². The van der Waals surface area contributed by atoms with Gasteiger partial charge in [-0.05, 0) is 23.3 Å². The van der Waals surface area contributed by atoms with Crippen LogP contribution in [0.5, 0.6) is 5.75 Å². The first-order valence-electron chi connectivity index (χ1n) is 7.65. The number of amides is 1. The second-order valence-electron chi connectivity index (χ2n) is 5.17. The van der Waals surface area contributed by atoms with Gasteiger partial charge in [-0.15, -0.1) is 0 Å². The van der Waals surface area contributed by atoms with Crippen molar-refractivity contribution in [2.45, 2.75) is 19.8 Å². The van der Waals surface area contributed by atoms with Gasteiger partial charge in [-0.25, -0.2) is 0 Å². The predicted octanol–water partition coefficient (Wildman–Crippen LogP) is 3.76. The van der Waals surface area contributed by atoms with Gasteiger partial charge in [0.05, 0.1) is 6.61 Å². The van der Waals surface area contributed by atoms with Gasteiger partial charge in [0.2, 0.25) is 5.91 Å². The van der Waals surface area contributed by atoms with E-state index in [0.29, 0.717) is 18.7 Å². The third-order valence-electron chi connectivity index (χ3n) is 3.42. The number of hydrogen-bond acceptors (Lipinski definition) is 3. The van der Waals surface area contributed by atoms with Crippen molar-refractivity contribution in [2.24, 2.45) is 0 Å². The van der Waals surface area contributed by atoms with E-state index in [0.717, 1.165) is 11.1 Å². The second kappa shape index (κ2) is 9.54. The van der Waals surface area contributed by atoms with E-state index in [1.165, 1.54) is 18.2 Å². The van der Waals surface area contributed by atoms with E-state index in [1.807, 2.05) is 24.3 Å². The van der Waals surface area contributed by atoms with Crippen molar-refractivity contribution in [3.05, 3.63) is 71.3 Å². The zero-order chi connectivity index (χ0) is 18.1. The standard InChI is InChI=1S/C19H19F2NO3/c1-24-13-16-8-3-2-7-15(16)12-22-18(23)11-10-14-6-4-5-9-17(14)25-19(20)21/h2-11,19H,12-13H2,1H3,(H,22,23)/b11-10+. The number of para-hydroxylation sites is 1. The van der Waals surface area contributed by atoms with Crippen LogP contribution in [0.25, 0.3) is 6.08 Å². The van der Waals surface area contributed by atoms with Crippen molar-refractivity contribution in [1.29, 1.82) is 0 Å². The van der Waals surface area contributed by atoms with Crippen LogP contribution in [-0.2, 0) is 22.7 Å². The first-order chi connectivity index (χ1) is 12.1. The number of ether oxygens (including phenoxy) is 2. The molecule has 6 heteroatoms. The van der Waals surface area contributed by atoms with Crippen LogP contribution in [0.1, 0.15) is 16.7 Å². The molecule has 2 rings (SSSR count). The molecule has 1 amide bonds. The average Bonchev–Trinajstić information content (AvgIpc) is 2.60. The fourth-order valence-electron chi connectivity index (χ4n) is 2.25. The van der Waals surface area contributed by atoms with E-state index >= 15 is 0 Å². The third-order valence-corrected chi connectivity index (χ3v) is 3.42. The molecule has 2 aromatic carbocycles. The topological polar surface area (TPSA) is 47.6 Å². The van der Waals surface area contributed by atoms with Gasteiger partial charge >= 0.3 is 6.61 Å². The highest BCUT2D eigenvalue weighted by Crippen LogP contribution is 2.21. The molecule has 0 saturated carbocycles. The van der Waals surface area contributed by atoms with E-state index in [9.17, 15) is 13.6 Å². The summed E-state index contributed by atoms with van der Waals surface area (Å²) < 4.78 is 34.3. The van der Waals surface area contributed by atoms with Gasteiger partial charge < -0.3 is 14.8 Å². The second-order valence-corrected chi connectivity index (χ2v) is 5.17. The lowest BCUT2D eigenvalue weighted by molar-refractivity contribution is -0.116. The van der Waals surface area contributed by atoms with E-state index < -0.39 is 6.61 Å². The predicted molar refractivity (Wildman–Crippen MR) is 91.1 cm³/mol. The monoisotopic (exact) mass is 347 g/mol. The van der Waals surface area contributed by atoms with Crippen LogP contribution in [0.3, 0.4) is 0 Å². The SMILES string of the molecule is COCc1ccccc1CNC(=O)/C=C/c1ccccc1OC(F)F. The summed E-state index contributed by atoms with van der Waals surface area (Å²) in [5.41, 5.74) is 2.34. The summed E-state index contributed by atoms with van der Waals surface area (Å²) in [6, 6.07) is 13.9. The minimum atomic E-state index is -2.92. The fraction of sp³-hybridized carbons (Fsp3) is 0.211. The van der Waals surface area contributed by atoms with Crippen LogP contribution in [0.15, 0.2) is 54.6 Å². The fourth-order valence-corrected chi connectivity index (χ4v) is 2.25. The molecule has 0 bridgehead atoms. The number of carbonyl (C=O) groups excluding carboxylic acids is 1. The molecule has 0 unspecified atom stereocenters. The molecule has 0 aliphatic heterocycles. The minimum absolute atomic E-state index is 0.0204. The Morgan fingerprint density at radius 3 is 2.52 bits per heavy atom. The molecule has 4 nitrogen and oxygen atoms in total. The van der Waals surface area contributed by atoms with Crippen LogP contribution in [0.2, 0.25) is 0 Å². The number of rotatable bonds is 8. The summed E-state index contributed by atoms with van der Waals surface area (Å²) >= 11 is 0. The Labute approximate surface area is 145 Å². The van der Waals surface area contributed by atoms with Crippen LogP contribution in [0, 0.1) is 0 Å². The van der Waals surface area contributed by atoms with Gasteiger partial charge in [-0.2, -0.15) is 8.78 Å². The van der Waals surface area contributed by atoms with Crippen molar-refractivity contribution in [1.82, 2.24) is 5.32 Å². The number of nitrogens with one attached hydrogen (secondary N) is 1. The molecule has 2 aromatic rings. The molecule has 1 N–H and O–H groups in total. The Kier molecular flexibility index (Phi) is 7.10. The molecule has 0 heterocycles. The van der Waals surface area contributed by atoms with Crippen molar-refractivity contribution in [3.8, 4) is 5.75 Å². The maximum absolute atomic E-state index is 12.4. The Balaban J connectivity index is 1.98. The third kappa shape index (κ3) is 6.00. The summed E-state index contributed by atoms with van der Waals surface area (Å²) in [6.07, 6.45) is 2.72. The summed E-state index contributed by atoms with van der Waals surface area (Å²) in [5.74, 6) is -0.314. The Morgan fingerprint density at radius 2 is 1.80 bits per heavy atom. The van der Waals surface area contributed by atoms with Crippen LogP contribution in [-0.4, -0.2) is 19.6 Å². The molecule has 0 atom stereocenters. The Morgan fingerprint density at radius 1 is 1.12 bits per heavy atom. The van der Waals surface area contributed by atoms with Gasteiger partial charge in [0.25, 0.3) is 0 Å². The normalized spacial score (nSPS) is 11.0. The maximum Gasteiger partial charge on any atom is 0.387 e. The highest BCUT2D eigenvalue weighted by molar-refractivity contribution is 5.92. The van der Waals surface area contributed by atoms with Crippen molar-refractivity contribution < 1.29 is 23.0 Å². The van der Waals surface area contributed by atoms with E-state index in [1.54, 1.807) is 25.3 Å². The molecule has 0 spiro atoms. The molecule has 25 heavy (non-hydrogen) atoms. The van der Waals surface area contributed by atoms with E-state index in [4.69, 9.17) is 4.74 Å². The number of benzene rings is 2. The van der Waals surface area contributed by atoms with Gasteiger partial charge in [-0.1, -0.05) is 42.5 Å². The molecule has 132 valence electrons. The number of hydrogen-bond donors (Lipinski definition) is 1.